The lowest BCUT2D eigenvalue weighted by Crippen LogP contribution is -2.33. The zero-order chi connectivity index (χ0) is 25.8. The maximum atomic E-state index is 13.9. The molecular formula is C27H27N5O5. The summed E-state index contributed by atoms with van der Waals surface area (Å²) in [4.78, 5) is 18.3. The second-order valence-electron chi connectivity index (χ2n) is 8.69. The third-order valence-electron chi connectivity index (χ3n) is 6.20. The van der Waals surface area contributed by atoms with Crippen molar-refractivity contribution in [3.05, 3.63) is 87.9 Å². The van der Waals surface area contributed by atoms with Crippen molar-refractivity contribution in [1.82, 2.24) is 24.9 Å². The van der Waals surface area contributed by atoms with E-state index in [0.29, 0.717) is 23.5 Å². The molecule has 5 aromatic rings. The summed E-state index contributed by atoms with van der Waals surface area (Å²) in [6.07, 6.45) is 2.43. The lowest BCUT2D eigenvalue weighted by molar-refractivity contribution is 0.166. The molecule has 0 aliphatic carbocycles. The van der Waals surface area contributed by atoms with Crippen LogP contribution in [0.2, 0.25) is 0 Å². The Bertz CT molecular complexity index is 1560. The molecule has 0 saturated carbocycles. The first kappa shape index (κ1) is 24.4. The highest BCUT2D eigenvalue weighted by atomic mass is 16.5. The van der Waals surface area contributed by atoms with Crippen LogP contribution >= 0.6 is 0 Å². The molecule has 0 spiro atoms. The second-order valence-corrected chi connectivity index (χ2v) is 8.69. The summed E-state index contributed by atoms with van der Waals surface area (Å²) in [5.41, 5.74) is 1.53. The van der Waals surface area contributed by atoms with Gasteiger partial charge in [-0.05, 0) is 24.1 Å². The maximum Gasteiger partial charge on any atom is 0.270 e. The second kappa shape index (κ2) is 10.8. The van der Waals surface area contributed by atoms with Gasteiger partial charge in [0.2, 0.25) is 11.8 Å². The van der Waals surface area contributed by atoms with E-state index in [1.54, 1.807) is 11.7 Å². The first-order valence-electron chi connectivity index (χ1n) is 12.1. The number of methoxy groups -OCH3 is 1. The predicted molar refractivity (Wildman–Crippen MR) is 135 cm³/mol. The van der Waals surface area contributed by atoms with E-state index in [-0.39, 0.29) is 30.4 Å². The number of aromatic nitrogens is 5. The van der Waals surface area contributed by atoms with Crippen molar-refractivity contribution < 1.29 is 18.8 Å². The van der Waals surface area contributed by atoms with Crippen LogP contribution in [0.15, 0.2) is 68.3 Å². The van der Waals surface area contributed by atoms with Crippen LogP contribution in [0.4, 0.5) is 0 Å². The van der Waals surface area contributed by atoms with Crippen LogP contribution in [0.1, 0.15) is 48.8 Å². The minimum Gasteiger partial charge on any atom is -0.493 e. The molecule has 1 atom stereocenters. The molecule has 2 aromatic carbocycles. The number of aryl methyl sites for hydroxylation is 1. The highest BCUT2D eigenvalue weighted by Gasteiger charge is 2.27. The Morgan fingerprint density at radius 2 is 1.86 bits per heavy atom. The monoisotopic (exact) mass is 501 g/mol. The molecule has 0 radical (unpaired) electrons. The number of para-hydroxylation sites is 1. The normalized spacial score (nSPS) is 12.3. The Morgan fingerprint density at radius 3 is 2.65 bits per heavy atom. The summed E-state index contributed by atoms with van der Waals surface area (Å²) < 4.78 is 18.2. The van der Waals surface area contributed by atoms with E-state index in [4.69, 9.17) is 13.7 Å². The number of hydrogen-bond acceptors (Lipinski definition) is 9. The van der Waals surface area contributed by atoms with E-state index < -0.39 is 17.5 Å². The molecule has 0 aliphatic rings. The van der Waals surface area contributed by atoms with Crippen molar-refractivity contribution in [3.63, 3.8) is 0 Å². The smallest absolute Gasteiger partial charge is 0.270 e. The van der Waals surface area contributed by atoms with E-state index in [0.717, 1.165) is 23.8 Å². The van der Waals surface area contributed by atoms with Gasteiger partial charge in [0.15, 0.2) is 11.1 Å². The number of hydrogen-bond donors (Lipinski definition) is 1. The topological polar surface area (TPSA) is 129 Å². The first-order chi connectivity index (χ1) is 18.1. The van der Waals surface area contributed by atoms with Gasteiger partial charge in [-0.3, -0.25) is 9.36 Å². The largest absolute Gasteiger partial charge is 0.493 e. The average molecular weight is 502 g/mol. The standard InChI is InChI=1S/C27H27N5O5/c1-3-4-14-22-28-25(33)24(27(34)32(22)20(16-35-2)17-10-6-5-7-11-17)26-30-29-23(36-26)15-19-18-12-8-9-13-21(18)37-31-19/h5-13,20,33H,3-4,14-16H2,1-2H3. The maximum absolute atomic E-state index is 13.9. The lowest BCUT2D eigenvalue weighted by Gasteiger charge is -2.23. The molecule has 0 saturated heterocycles. The Morgan fingerprint density at radius 1 is 1.08 bits per heavy atom. The van der Waals surface area contributed by atoms with Crippen LogP contribution in [-0.2, 0) is 17.6 Å². The van der Waals surface area contributed by atoms with Crippen molar-refractivity contribution in [3.8, 4) is 17.3 Å². The average Bonchev–Trinajstić information content (AvgIpc) is 3.54. The quantitative estimate of drug-likeness (QED) is 0.297. The van der Waals surface area contributed by atoms with Crippen LogP contribution in [0, 0.1) is 0 Å². The Labute approximate surface area is 212 Å². The molecule has 37 heavy (non-hydrogen) atoms. The Balaban J connectivity index is 1.58. The van der Waals surface area contributed by atoms with E-state index >= 15 is 0 Å². The fraction of sp³-hybridized carbons (Fsp3) is 0.296. The van der Waals surface area contributed by atoms with Gasteiger partial charge in [-0.2, -0.15) is 4.98 Å². The van der Waals surface area contributed by atoms with E-state index in [2.05, 4.69) is 27.3 Å². The zero-order valence-corrected chi connectivity index (χ0v) is 20.6. The number of rotatable bonds is 10. The summed E-state index contributed by atoms with van der Waals surface area (Å²) in [6, 6.07) is 16.6. The molecular weight excluding hydrogens is 474 g/mol. The number of unbranched alkanes of at least 4 members (excludes halogenated alkanes) is 1. The van der Waals surface area contributed by atoms with Gasteiger partial charge in [0.05, 0.1) is 19.1 Å². The van der Waals surface area contributed by atoms with Gasteiger partial charge < -0.3 is 18.8 Å². The molecule has 5 rings (SSSR count). The third kappa shape index (κ3) is 4.88. The highest BCUT2D eigenvalue weighted by Crippen LogP contribution is 2.28. The van der Waals surface area contributed by atoms with Gasteiger partial charge >= 0.3 is 0 Å². The zero-order valence-electron chi connectivity index (χ0n) is 20.6. The van der Waals surface area contributed by atoms with Crippen molar-refractivity contribution in [2.24, 2.45) is 0 Å². The predicted octanol–water partition coefficient (Wildman–Crippen LogP) is 4.31. The van der Waals surface area contributed by atoms with Gasteiger partial charge in [-0.1, -0.05) is 61.0 Å². The van der Waals surface area contributed by atoms with Crippen LogP contribution in [-0.4, -0.2) is 43.7 Å². The molecule has 0 fully saturated rings. The van der Waals surface area contributed by atoms with E-state index in [1.807, 2.05) is 54.6 Å². The lowest BCUT2D eigenvalue weighted by atomic mass is 10.1. The molecule has 0 bridgehead atoms. The molecule has 190 valence electrons. The summed E-state index contributed by atoms with van der Waals surface area (Å²) >= 11 is 0. The van der Waals surface area contributed by atoms with Gasteiger partial charge in [0.25, 0.3) is 11.4 Å². The van der Waals surface area contributed by atoms with Gasteiger partial charge in [-0.25, -0.2) is 0 Å². The van der Waals surface area contributed by atoms with Crippen molar-refractivity contribution in [2.75, 3.05) is 13.7 Å². The molecule has 10 nitrogen and oxygen atoms in total. The first-order valence-corrected chi connectivity index (χ1v) is 12.1. The molecule has 0 aliphatic heterocycles. The molecule has 3 aromatic heterocycles. The Kier molecular flexibility index (Phi) is 7.09. The molecule has 1 N–H and O–H groups in total. The van der Waals surface area contributed by atoms with Gasteiger partial charge in [-0.15, -0.1) is 10.2 Å². The van der Waals surface area contributed by atoms with Gasteiger partial charge in [0.1, 0.15) is 11.5 Å². The SMILES string of the molecule is CCCCc1nc(O)c(-c2nnc(Cc3noc4ccccc34)o2)c(=O)n1C(COC)c1ccccc1. The fourth-order valence-corrected chi connectivity index (χ4v) is 4.37. The van der Waals surface area contributed by atoms with Gasteiger partial charge in [0, 0.05) is 18.9 Å². The van der Waals surface area contributed by atoms with Crippen LogP contribution in [0.5, 0.6) is 5.88 Å². The number of nitrogens with zero attached hydrogens (tertiary/aromatic N) is 5. The molecule has 3 heterocycles. The van der Waals surface area contributed by atoms with Crippen molar-refractivity contribution >= 4 is 11.0 Å². The van der Waals surface area contributed by atoms with Crippen molar-refractivity contribution in [2.45, 2.75) is 38.6 Å². The van der Waals surface area contributed by atoms with Crippen LogP contribution in [0.25, 0.3) is 22.4 Å². The summed E-state index contributed by atoms with van der Waals surface area (Å²) in [6.45, 7) is 2.29. The fourth-order valence-electron chi connectivity index (χ4n) is 4.37. The van der Waals surface area contributed by atoms with Crippen molar-refractivity contribution in [1.29, 1.82) is 0 Å². The third-order valence-corrected chi connectivity index (χ3v) is 6.20. The number of aromatic hydroxyl groups is 1. The minimum absolute atomic E-state index is 0.113. The highest BCUT2D eigenvalue weighted by molar-refractivity contribution is 5.79. The molecule has 0 amide bonds. The molecule has 10 heteroatoms. The number of ether oxygens (including phenoxy) is 1. The van der Waals surface area contributed by atoms with E-state index in [9.17, 15) is 9.90 Å². The number of benzene rings is 2. The molecule has 1 unspecified atom stereocenters. The summed E-state index contributed by atoms with van der Waals surface area (Å²) in [5.74, 6) is 0.135. The number of fused-ring (bicyclic) bond motifs is 1. The summed E-state index contributed by atoms with van der Waals surface area (Å²) in [7, 11) is 1.58. The minimum atomic E-state index is -0.480. The Hall–Kier alpha value is -4.31. The van der Waals surface area contributed by atoms with Crippen LogP contribution < -0.4 is 5.56 Å². The van der Waals surface area contributed by atoms with Crippen LogP contribution in [0.3, 0.4) is 0 Å². The van der Waals surface area contributed by atoms with E-state index in [1.165, 1.54) is 0 Å². The summed E-state index contributed by atoms with van der Waals surface area (Å²) in [5, 5.41) is 23.9.